The average Bonchev–Trinajstić information content (AvgIpc) is 3.26. The first kappa shape index (κ1) is 13.1. The highest BCUT2D eigenvalue weighted by Crippen LogP contribution is 2.43. The van der Waals surface area contributed by atoms with Gasteiger partial charge in [0.25, 0.3) is 0 Å². The molecule has 104 valence electrons. The van der Waals surface area contributed by atoms with Crippen LogP contribution in [0.3, 0.4) is 0 Å². The Bertz CT molecular complexity index is 603. The molecule has 1 aliphatic carbocycles. The number of nitrogens with one attached hydrogen (secondary N) is 1. The molecule has 0 bridgehead atoms. The maximum Gasteiger partial charge on any atom is 0.126 e. The van der Waals surface area contributed by atoms with E-state index in [1.807, 2.05) is 18.2 Å². The smallest absolute Gasteiger partial charge is 0.126 e. The van der Waals surface area contributed by atoms with E-state index in [-0.39, 0.29) is 17.7 Å². The van der Waals surface area contributed by atoms with Crippen molar-refractivity contribution in [3.8, 4) is 0 Å². The van der Waals surface area contributed by atoms with Gasteiger partial charge in [0.1, 0.15) is 11.6 Å². The lowest BCUT2D eigenvalue weighted by atomic mass is 10.0. The number of anilines is 1. The van der Waals surface area contributed by atoms with E-state index in [0.717, 1.165) is 11.3 Å². The van der Waals surface area contributed by atoms with E-state index in [4.69, 9.17) is 0 Å². The molecule has 2 aromatic carbocycles. The Kier molecular flexibility index (Phi) is 3.43. The number of halogens is 2. The third-order valence-electron chi connectivity index (χ3n) is 3.80. The lowest BCUT2D eigenvalue weighted by Crippen LogP contribution is -2.13. The van der Waals surface area contributed by atoms with Crippen LogP contribution in [0.5, 0.6) is 0 Å². The van der Waals surface area contributed by atoms with E-state index >= 15 is 0 Å². The van der Waals surface area contributed by atoms with Crippen LogP contribution in [-0.4, -0.2) is 0 Å². The summed E-state index contributed by atoms with van der Waals surface area (Å²) in [5, 5.41) is 3.46. The second-order valence-corrected chi connectivity index (χ2v) is 5.47. The third-order valence-corrected chi connectivity index (χ3v) is 3.80. The van der Waals surface area contributed by atoms with Gasteiger partial charge in [-0.3, -0.25) is 0 Å². The van der Waals surface area contributed by atoms with Crippen LogP contribution in [0, 0.1) is 24.5 Å². The van der Waals surface area contributed by atoms with Gasteiger partial charge in [-0.25, -0.2) is 8.78 Å². The van der Waals surface area contributed by atoms with Crippen molar-refractivity contribution in [2.45, 2.75) is 25.8 Å². The largest absolute Gasteiger partial charge is 0.378 e. The molecule has 1 aliphatic rings. The van der Waals surface area contributed by atoms with Gasteiger partial charge in [-0.1, -0.05) is 12.1 Å². The first-order valence-electron chi connectivity index (χ1n) is 6.91. The highest BCUT2D eigenvalue weighted by Gasteiger charge is 2.32. The fourth-order valence-corrected chi connectivity index (χ4v) is 2.49. The van der Waals surface area contributed by atoms with Crippen LogP contribution < -0.4 is 5.32 Å². The van der Waals surface area contributed by atoms with Crippen molar-refractivity contribution in [1.29, 1.82) is 0 Å². The zero-order chi connectivity index (χ0) is 14.1. The van der Waals surface area contributed by atoms with Crippen LogP contribution in [0.25, 0.3) is 0 Å². The van der Waals surface area contributed by atoms with E-state index < -0.39 is 0 Å². The Labute approximate surface area is 117 Å². The first-order valence-corrected chi connectivity index (χ1v) is 6.91. The second kappa shape index (κ2) is 5.23. The molecule has 3 rings (SSSR count). The molecule has 0 radical (unpaired) electrons. The molecule has 1 unspecified atom stereocenters. The highest BCUT2D eigenvalue weighted by atomic mass is 19.1. The van der Waals surface area contributed by atoms with Crippen molar-refractivity contribution in [2.75, 3.05) is 5.32 Å². The molecule has 0 saturated heterocycles. The predicted octanol–water partition coefficient (Wildman–Crippen LogP) is 4.84. The van der Waals surface area contributed by atoms with Crippen LogP contribution in [0.4, 0.5) is 14.5 Å². The molecule has 0 amide bonds. The summed E-state index contributed by atoms with van der Waals surface area (Å²) in [6, 6.07) is 11.8. The van der Waals surface area contributed by atoms with Crippen LogP contribution in [-0.2, 0) is 0 Å². The summed E-state index contributed by atoms with van der Waals surface area (Å²) in [5.41, 5.74) is 2.62. The van der Waals surface area contributed by atoms with Crippen LogP contribution in [0.1, 0.15) is 30.0 Å². The van der Waals surface area contributed by atoms with Gasteiger partial charge in [0.15, 0.2) is 0 Å². The number of rotatable bonds is 4. The topological polar surface area (TPSA) is 12.0 Å². The van der Waals surface area contributed by atoms with Crippen molar-refractivity contribution in [3.63, 3.8) is 0 Å². The molecule has 2 aromatic rings. The molecule has 0 heterocycles. The van der Waals surface area contributed by atoms with Crippen molar-refractivity contribution >= 4 is 5.69 Å². The summed E-state index contributed by atoms with van der Waals surface area (Å²) in [7, 11) is 0. The molecule has 1 fully saturated rings. The summed E-state index contributed by atoms with van der Waals surface area (Å²) < 4.78 is 26.3. The normalized spacial score (nSPS) is 15.9. The monoisotopic (exact) mass is 273 g/mol. The van der Waals surface area contributed by atoms with Crippen LogP contribution in [0.2, 0.25) is 0 Å². The summed E-state index contributed by atoms with van der Waals surface area (Å²) in [6.07, 6.45) is 2.35. The molecule has 1 atom stereocenters. The van der Waals surface area contributed by atoms with E-state index in [1.165, 1.54) is 31.0 Å². The average molecular weight is 273 g/mol. The molecular weight excluding hydrogens is 256 g/mol. The molecule has 0 aliphatic heterocycles. The summed E-state index contributed by atoms with van der Waals surface area (Å²) in [6.45, 7) is 1.75. The summed E-state index contributed by atoms with van der Waals surface area (Å²) >= 11 is 0. The summed E-state index contributed by atoms with van der Waals surface area (Å²) in [5.74, 6) is 0.159. The molecule has 1 nitrogen and oxygen atoms in total. The van der Waals surface area contributed by atoms with E-state index in [1.54, 1.807) is 13.0 Å². The van der Waals surface area contributed by atoms with Crippen molar-refractivity contribution < 1.29 is 8.78 Å². The Morgan fingerprint density at radius 3 is 2.35 bits per heavy atom. The molecule has 1 N–H and O–H groups in total. The Morgan fingerprint density at radius 2 is 1.75 bits per heavy atom. The maximum atomic E-state index is 13.3. The van der Waals surface area contributed by atoms with Crippen LogP contribution in [0.15, 0.2) is 42.5 Å². The zero-order valence-electron chi connectivity index (χ0n) is 11.4. The zero-order valence-corrected chi connectivity index (χ0v) is 11.4. The Hall–Kier alpha value is -1.90. The molecule has 1 saturated carbocycles. The highest BCUT2D eigenvalue weighted by molar-refractivity contribution is 5.48. The van der Waals surface area contributed by atoms with Gasteiger partial charge >= 0.3 is 0 Å². The molecule has 20 heavy (non-hydrogen) atoms. The Balaban J connectivity index is 1.84. The van der Waals surface area contributed by atoms with Crippen LogP contribution >= 0.6 is 0 Å². The van der Waals surface area contributed by atoms with Gasteiger partial charge in [0.2, 0.25) is 0 Å². The number of hydrogen-bond acceptors (Lipinski definition) is 1. The fraction of sp³-hybridized carbons (Fsp3) is 0.294. The minimum absolute atomic E-state index is 0.167. The third kappa shape index (κ3) is 2.82. The lowest BCUT2D eigenvalue weighted by Gasteiger charge is -2.20. The first-order chi connectivity index (χ1) is 9.63. The Morgan fingerprint density at radius 1 is 1.05 bits per heavy atom. The summed E-state index contributed by atoms with van der Waals surface area (Å²) in [4.78, 5) is 0. The number of benzene rings is 2. The number of aryl methyl sites for hydroxylation is 1. The fourth-order valence-electron chi connectivity index (χ4n) is 2.49. The second-order valence-electron chi connectivity index (χ2n) is 5.47. The van der Waals surface area contributed by atoms with E-state index in [9.17, 15) is 8.78 Å². The molecular formula is C17H17F2N. The van der Waals surface area contributed by atoms with Crippen molar-refractivity contribution in [1.82, 2.24) is 0 Å². The minimum atomic E-state index is -0.221. The van der Waals surface area contributed by atoms with Crippen molar-refractivity contribution in [2.24, 2.45) is 5.92 Å². The van der Waals surface area contributed by atoms with Crippen molar-refractivity contribution in [3.05, 3.63) is 65.2 Å². The number of hydrogen-bond donors (Lipinski definition) is 1. The van der Waals surface area contributed by atoms with Gasteiger partial charge < -0.3 is 5.32 Å². The molecule has 0 aromatic heterocycles. The molecule has 0 spiro atoms. The van der Waals surface area contributed by atoms with E-state index in [2.05, 4.69) is 5.32 Å². The van der Waals surface area contributed by atoms with Gasteiger partial charge in [0.05, 0.1) is 6.04 Å². The maximum absolute atomic E-state index is 13.3. The standard InChI is InChI=1S/C17H17F2N/c1-11-10-15(8-9-16(11)19)20-17(12-2-3-12)13-4-6-14(18)7-5-13/h4-10,12,17,20H,2-3H2,1H3. The van der Waals surface area contributed by atoms with Gasteiger partial charge in [-0.05, 0) is 67.1 Å². The lowest BCUT2D eigenvalue weighted by molar-refractivity contribution is 0.617. The SMILES string of the molecule is Cc1cc(NC(c2ccc(F)cc2)C2CC2)ccc1F. The molecule has 3 heteroatoms. The van der Waals surface area contributed by atoms with E-state index in [0.29, 0.717) is 11.5 Å². The van der Waals surface area contributed by atoms with Gasteiger partial charge in [-0.15, -0.1) is 0 Å². The quantitative estimate of drug-likeness (QED) is 0.840. The van der Waals surface area contributed by atoms with Gasteiger partial charge in [-0.2, -0.15) is 0 Å². The minimum Gasteiger partial charge on any atom is -0.378 e. The van der Waals surface area contributed by atoms with Gasteiger partial charge in [0, 0.05) is 5.69 Å². The predicted molar refractivity (Wildman–Crippen MR) is 76.6 cm³/mol.